The summed E-state index contributed by atoms with van der Waals surface area (Å²) in [6.07, 6.45) is 3.42. The van der Waals surface area contributed by atoms with Crippen LogP contribution in [0.3, 0.4) is 0 Å². The molecule has 0 aromatic carbocycles. The molecule has 0 bridgehead atoms. The molecule has 1 aromatic heterocycles. The third-order valence-electron chi connectivity index (χ3n) is 2.60. The molecule has 2 N–H and O–H groups in total. The van der Waals surface area contributed by atoms with Crippen molar-refractivity contribution < 1.29 is 0 Å². The van der Waals surface area contributed by atoms with Crippen molar-refractivity contribution in [2.45, 2.75) is 26.4 Å². The molecule has 16 heavy (non-hydrogen) atoms. The van der Waals surface area contributed by atoms with Gasteiger partial charge in [0.15, 0.2) is 5.82 Å². The highest BCUT2D eigenvalue weighted by atomic mass is 16.1. The van der Waals surface area contributed by atoms with Gasteiger partial charge in [-0.3, -0.25) is 4.79 Å². The summed E-state index contributed by atoms with van der Waals surface area (Å²) in [6.45, 7) is 6.73. The van der Waals surface area contributed by atoms with Gasteiger partial charge in [-0.1, -0.05) is 13.8 Å². The summed E-state index contributed by atoms with van der Waals surface area (Å²) in [7, 11) is 0. The first-order valence-corrected chi connectivity index (χ1v) is 5.69. The Balaban J connectivity index is 2.15. The van der Waals surface area contributed by atoms with Crippen LogP contribution >= 0.6 is 0 Å². The summed E-state index contributed by atoms with van der Waals surface area (Å²) in [5.41, 5.74) is -0.0249. The fraction of sp³-hybridized carbons (Fsp3) is 0.636. The van der Waals surface area contributed by atoms with Crippen molar-refractivity contribution in [1.82, 2.24) is 14.9 Å². The maximum atomic E-state index is 12.0. The number of hydrogen-bond acceptors (Lipinski definition) is 4. The molecule has 1 fully saturated rings. The standard InChI is InChI=1S/C11H18N4O/c1-8(2)7-15-4-3-13-10(11(15)16)14-9-5-12-6-9/h3-4,8-9,12H,5-7H2,1-2H3,(H,13,14). The quantitative estimate of drug-likeness (QED) is 0.768. The Morgan fingerprint density at radius 1 is 1.62 bits per heavy atom. The van der Waals surface area contributed by atoms with Crippen LogP contribution in [0.5, 0.6) is 0 Å². The molecule has 88 valence electrons. The van der Waals surface area contributed by atoms with Gasteiger partial charge in [0.1, 0.15) is 0 Å². The lowest BCUT2D eigenvalue weighted by atomic mass is 10.2. The molecule has 0 saturated carbocycles. The van der Waals surface area contributed by atoms with Gasteiger partial charge in [-0.2, -0.15) is 0 Å². The minimum atomic E-state index is -0.0249. The zero-order valence-electron chi connectivity index (χ0n) is 9.73. The zero-order valence-corrected chi connectivity index (χ0v) is 9.73. The Morgan fingerprint density at radius 3 is 2.94 bits per heavy atom. The number of aromatic nitrogens is 2. The van der Waals surface area contributed by atoms with Crippen LogP contribution < -0.4 is 16.2 Å². The predicted molar refractivity (Wildman–Crippen MR) is 63.6 cm³/mol. The Kier molecular flexibility index (Phi) is 3.24. The van der Waals surface area contributed by atoms with Crippen LogP contribution in [0, 0.1) is 5.92 Å². The van der Waals surface area contributed by atoms with E-state index in [1.165, 1.54) is 0 Å². The highest BCUT2D eigenvalue weighted by Gasteiger charge is 2.18. The van der Waals surface area contributed by atoms with Crippen LogP contribution in [0.25, 0.3) is 0 Å². The van der Waals surface area contributed by atoms with Crippen LogP contribution in [0.4, 0.5) is 5.82 Å². The summed E-state index contributed by atoms with van der Waals surface area (Å²) in [6, 6.07) is 0.343. The molecule has 0 aliphatic carbocycles. The average Bonchev–Trinajstić information content (AvgIpc) is 2.16. The van der Waals surface area contributed by atoms with Crippen LogP contribution in [0.15, 0.2) is 17.2 Å². The second-order valence-electron chi connectivity index (χ2n) is 4.63. The van der Waals surface area contributed by atoms with Gasteiger partial charge >= 0.3 is 0 Å². The van der Waals surface area contributed by atoms with E-state index in [9.17, 15) is 4.79 Å². The number of rotatable bonds is 4. The molecule has 1 aliphatic rings. The Hall–Kier alpha value is -1.36. The number of hydrogen-bond donors (Lipinski definition) is 2. The molecule has 0 amide bonds. The monoisotopic (exact) mass is 222 g/mol. The number of nitrogens with one attached hydrogen (secondary N) is 2. The number of anilines is 1. The van der Waals surface area contributed by atoms with E-state index in [2.05, 4.69) is 29.5 Å². The van der Waals surface area contributed by atoms with Crippen molar-refractivity contribution in [2.24, 2.45) is 5.92 Å². The zero-order chi connectivity index (χ0) is 11.5. The summed E-state index contributed by atoms with van der Waals surface area (Å²) in [5.74, 6) is 0.924. The lowest BCUT2D eigenvalue weighted by Crippen LogP contribution is -2.52. The van der Waals surface area contributed by atoms with E-state index in [0.29, 0.717) is 17.8 Å². The second-order valence-corrected chi connectivity index (χ2v) is 4.63. The molecule has 2 rings (SSSR count). The Bertz CT molecular complexity index is 409. The van der Waals surface area contributed by atoms with E-state index in [1.807, 2.05) is 0 Å². The van der Waals surface area contributed by atoms with E-state index >= 15 is 0 Å². The summed E-state index contributed by atoms with van der Waals surface area (Å²) >= 11 is 0. The van der Waals surface area contributed by atoms with E-state index in [-0.39, 0.29) is 5.56 Å². The predicted octanol–water partition coefficient (Wildman–Crippen LogP) is 0.283. The largest absolute Gasteiger partial charge is 0.360 e. The van der Waals surface area contributed by atoms with Crippen LogP contribution in [0.2, 0.25) is 0 Å². The van der Waals surface area contributed by atoms with Crippen molar-refractivity contribution in [3.63, 3.8) is 0 Å². The number of nitrogens with zero attached hydrogens (tertiary/aromatic N) is 2. The fourth-order valence-electron chi connectivity index (χ4n) is 1.67. The molecule has 5 heteroatoms. The van der Waals surface area contributed by atoms with Gasteiger partial charge in [0.05, 0.1) is 6.04 Å². The lowest BCUT2D eigenvalue weighted by molar-refractivity contribution is 0.468. The molecule has 1 saturated heterocycles. The van der Waals surface area contributed by atoms with Crippen molar-refractivity contribution in [2.75, 3.05) is 18.4 Å². The fourth-order valence-corrected chi connectivity index (χ4v) is 1.67. The minimum Gasteiger partial charge on any atom is -0.360 e. The molecular formula is C11H18N4O. The van der Waals surface area contributed by atoms with Gasteiger partial charge in [-0.25, -0.2) is 4.98 Å². The topological polar surface area (TPSA) is 59.0 Å². The first-order chi connectivity index (χ1) is 7.66. The Morgan fingerprint density at radius 2 is 2.38 bits per heavy atom. The maximum Gasteiger partial charge on any atom is 0.293 e. The normalized spacial score (nSPS) is 16.2. The van der Waals surface area contributed by atoms with Gasteiger partial charge in [0.2, 0.25) is 0 Å². The molecular weight excluding hydrogens is 204 g/mol. The van der Waals surface area contributed by atoms with E-state index in [0.717, 1.165) is 19.6 Å². The average molecular weight is 222 g/mol. The Labute approximate surface area is 94.9 Å². The van der Waals surface area contributed by atoms with Gasteiger partial charge in [0.25, 0.3) is 5.56 Å². The summed E-state index contributed by atoms with van der Waals surface area (Å²) in [5, 5.41) is 6.30. The lowest BCUT2D eigenvalue weighted by Gasteiger charge is -2.28. The van der Waals surface area contributed by atoms with Crippen molar-refractivity contribution in [3.05, 3.63) is 22.7 Å². The molecule has 2 heterocycles. The molecule has 0 atom stereocenters. The first-order valence-electron chi connectivity index (χ1n) is 5.69. The van der Waals surface area contributed by atoms with E-state index in [1.54, 1.807) is 17.0 Å². The minimum absolute atomic E-state index is 0.0249. The van der Waals surface area contributed by atoms with Crippen molar-refractivity contribution >= 4 is 5.82 Å². The molecule has 1 aromatic rings. The van der Waals surface area contributed by atoms with Gasteiger partial charge < -0.3 is 15.2 Å². The molecule has 0 unspecified atom stereocenters. The van der Waals surface area contributed by atoms with E-state index in [4.69, 9.17) is 0 Å². The van der Waals surface area contributed by atoms with Gasteiger partial charge in [0, 0.05) is 32.0 Å². The molecule has 0 spiro atoms. The maximum absolute atomic E-state index is 12.0. The van der Waals surface area contributed by atoms with Crippen LogP contribution in [-0.4, -0.2) is 28.7 Å². The molecule has 1 aliphatic heterocycles. The van der Waals surface area contributed by atoms with Gasteiger partial charge in [-0.05, 0) is 5.92 Å². The van der Waals surface area contributed by atoms with Crippen LogP contribution in [0.1, 0.15) is 13.8 Å². The second kappa shape index (κ2) is 4.65. The van der Waals surface area contributed by atoms with E-state index < -0.39 is 0 Å². The third kappa shape index (κ3) is 2.41. The molecule has 5 nitrogen and oxygen atoms in total. The van der Waals surface area contributed by atoms with Crippen molar-refractivity contribution in [3.8, 4) is 0 Å². The third-order valence-corrected chi connectivity index (χ3v) is 2.60. The van der Waals surface area contributed by atoms with Crippen molar-refractivity contribution in [1.29, 1.82) is 0 Å². The highest BCUT2D eigenvalue weighted by molar-refractivity contribution is 5.33. The SMILES string of the molecule is CC(C)Cn1ccnc(NC2CNC2)c1=O. The van der Waals surface area contributed by atoms with Crippen LogP contribution in [-0.2, 0) is 6.54 Å². The summed E-state index contributed by atoms with van der Waals surface area (Å²) in [4.78, 5) is 16.1. The summed E-state index contributed by atoms with van der Waals surface area (Å²) < 4.78 is 1.71. The highest BCUT2D eigenvalue weighted by Crippen LogP contribution is 2.02. The smallest absolute Gasteiger partial charge is 0.293 e. The first kappa shape index (κ1) is 11.1. The van der Waals surface area contributed by atoms with Gasteiger partial charge in [-0.15, -0.1) is 0 Å². The molecule has 0 radical (unpaired) electrons.